The molecule has 0 aromatic heterocycles. The summed E-state index contributed by atoms with van der Waals surface area (Å²) in [7, 11) is 0. The Kier molecular flexibility index (Phi) is 4.38. The van der Waals surface area contributed by atoms with E-state index in [0.29, 0.717) is 17.4 Å². The second-order valence-corrected chi connectivity index (χ2v) is 7.21. The topological polar surface area (TPSA) is 18.5 Å². The highest BCUT2D eigenvalue weighted by atomic mass is 16.5. The zero-order valence-corrected chi connectivity index (χ0v) is 12.5. The Labute approximate surface area is 112 Å². The molecule has 105 valence electrons. The Hall–Kier alpha value is -0.0800. The van der Waals surface area contributed by atoms with Crippen LogP contribution in [0.3, 0.4) is 0 Å². The monoisotopic (exact) mass is 253 g/mol. The van der Waals surface area contributed by atoms with Gasteiger partial charge in [-0.15, -0.1) is 0 Å². The van der Waals surface area contributed by atoms with Gasteiger partial charge in [0.05, 0.1) is 6.10 Å². The first-order chi connectivity index (χ1) is 8.43. The van der Waals surface area contributed by atoms with Crippen LogP contribution in [0.1, 0.15) is 53.4 Å². The van der Waals surface area contributed by atoms with Crippen molar-refractivity contribution in [3.63, 3.8) is 0 Å². The van der Waals surface area contributed by atoms with Crippen LogP contribution in [-0.2, 0) is 9.47 Å². The number of hydrogen-bond acceptors (Lipinski definition) is 2. The molecule has 0 aliphatic carbocycles. The van der Waals surface area contributed by atoms with Crippen molar-refractivity contribution in [1.29, 1.82) is 0 Å². The standard InChI is InChI=1S/C16H29O2/c1-15(2)9-12-17-11-7-13(15)14-16(3,4)8-5-6-10-18-14/h8,13-14H,5-7,9-12H2,1-4H3. The van der Waals surface area contributed by atoms with Crippen LogP contribution in [0, 0.1) is 23.2 Å². The van der Waals surface area contributed by atoms with Crippen LogP contribution in [0.25, 0.3) is 0 Å². The smallest absolute Gasteiger partial charge is 0.0662 e. The second kappa shape index (κ2) is 5.50. The lowest BCUT2D eigenvalue weighted by atomic mass is 9.65. The normalized spacial score (nSPS) is 36.7. The van der Waals surface area contributed by atoms with Crippen molar-refractivity contribution in [2.24, 2.45) is 16.7 Å². The van der Waals surface area contributed by atoms with E-state index < -0.39 is 0 Å². The van der Waals surface area contributed by atoms with Gasteiger partial charge in [-0.3, -0.25) is 0 Å². The van der Waals surface area contributed by atoms with Crippen molar-refractivity contribution in [1.82, 2.24) is 0 Å². The molecule has 2 atom stereocenters. The summed E-state index contributed by atoms with van der Waals surface area (Å²) in [5.74, 6) is 0.601. The van der Waals surface area contributed by atoms with Gasteiger partial charge in [-0.05, 0) is 48.9 Å². The van der Waals surface area contributed by atoms with E-state index in [4.69, 9.17) is 9.47 Å². The van der Waals surface area contributed by atoms with E-state index in [2.05, 4.69) is 34.1 Å². The third-order valence-corrected chi connectivity index (χ3v) is 4.88. The fourth-order valence-electron chi connectivity index (χ4n) is 3.52. The Morgan fingerprint density at radius 3 is 2.61 bits per heavy atom. The molecule has 0 spiro atoms. The van der Waals surface area contributed by atoms with E-state index >= 15 is 0 Å². The van der Waals surface area contributed by atoms with Gasteiger partial charge in [-0.1, -0.05) is 27.7 Å². The van der Waals surface area contributed by atoms with Crippen molar-refractivity contribution in [2.75, 3.05) is 19.8 Å². The largest absolute Gasteiger partial charge is 0.381 e. The first kappa shape index (κ1) is 14.3. The Morgan fingerprint density at radius 1 is 1.06 bits per heavy atom. The maximum atomic E-state index is 6.26. The van der Waals surface area contributed by atoms with Crippen LogP contribution < -0.4 is 0 Å². The Morgan fingerprint density at radius 2 is 1.83 bits per heavy atom. The van der Waals surface area contributed by atoms with Gasteiger partial charge >= 0.3 is 0 Å². The Bertz CT molecular complexity index is 242. The maximum absolute atomic E-state index is 6.26. The van der Waals surface area contributed by atoms with Gasteiger partial charge in [0.2, 0.25) is 0 Å². The second-order valence-electron chi connectivity index (χ2n) is 7.21. The summed E-state index contributed by atoms with van der Waals surface area (Å²) < 4.78 is 11.9. The average Bonchev–Trinajstić information content (AvgIpc) is 2.54. The SMILES string of the molecule is CC1(C)[CH]CCCOC1C1CCOCCC1(C)C. The number of ether oxygens (including phenoxy) is 2. The minimum Gasteiger partial charge on any atom is -0.381 e. The zero-order valence-electron chi connectivity index (χ0n) is 12.5. The molecule has 2 nitrogen and oxygen atoms in total. The fourth-order valence-corrected chi connectivity index (χ4v) is 3.52. The molecule has 1 radical (unpaired) electrons. The molecular formula is C16H29O2. The van der Waals surface area contributed by atoms with Crippen molar-refractivity contribution in [3.05, 3.63) is 6.42 Å². The molecule has 0 N–H and O–H groups in total. The highest BCUT2D eigenvalue weighted by Crippen LogP contribution is 2.46. The average molecular weight is 253 g/mol. The van der Waals surface area contributed by atoms with Gasteiger partial charge in [0.1, 0.15) is 0 Å². The predicted octanol–water partition coefficient (Wildman–Crippen LogP) is 3.85. The summed E-state index contributed by atoms with van der Waals surface area (Å²) >= 11 is 0. The lowest BCUT2D eigenvalue weighted by molar-refractivity contribution is -0.0758. The first-order valence-electron chi connectivity index (χ1n) is 7.47. The number of hydrogen-bond donors (Lipinski definition) is 0. The van der Waals surface area contributed by atoms with Gasteiger partial charge in [-0.2, -0.15) is 0 Å². The highest BCUT2D eigenvalue weighted by Gasteiger charge is 2.44. The molecule has 18 heavy (non-hydrogen) atoms. The van der Waals surface area contributed by atoms with Crippen LogP contribution in [0.4, 0.5) is 0 Å². The van der Waals surface area contributed by atoms with E-state index in [9.17, 15) is 0 Å². The minimum absolute atomic E-state index is 0.183. The lowest BCUT2D eigenvalue weighted by Crippen LogP contribution is -2.44. The molecule has 0 bridgehead atoms. The number of rotatable bonds is 1. The molecule has 2 rings (SSSR count). The molecule has 0 saturated carbocycles. The van der Waals surface area contributed by atoms with Crippen molar-refractivity contribution >= 4 is 0 Å². The van der Waals surface area contributed by atoms with Gasteiger partial charge in [0.15, 0.2) is 0 Å². The summed E-state index contributed by atoms with van der Waals surface area (Å²) in [6, 6.07) is 0. The molecule has 2 heterocycles. The Balaban J connectivity index is 2.19. The van der Waals surface area contributed by atoms with Crippen molar-refractivity contribution in [3.8, 4) is 0 Å². The maximum Gasteiger partial charge on any atom is 0.0662 e. The van der Waals surface area contributed by atoms with Crippen LogP contribution in [0.5, 0.6) is 0 Å². The van der Waals surface area contributed by atoms with Gasteiger partial charge < -0.3 is 9.47 Å². The summed E-state index contributed by atoms with van der Waals surface area (Å²) in [4.78, 5) is 0. The first-order valence-corrected chi connectivity index (χ1v) is 7.47. The third-order valence-electron chi connectivity index (χ3n) is 4.88. The van der Waals surface area contributed by atoms with Gasteiger partial charge in [-0.25, -0.2) is 0 Å². The third kappa shape index (κ3) is 3.08. The molecule has 2 saturated heterocycles. The molecule has 2 heteroatoms. The quantitative estimate of drug-likeness (QED) is 0.706. The predicted molar refractivity (Wildman–Crippen MR) is 74.4 cm³/mol. The minimum atomic E-state index is 0.183. The van der Waals surface area contributed by atoms with E-state index in [-0.39, 0.29) is 5.41 Å². The van der Waals surface area contributed by atoms with Crippen LogP contribution in [-0.4, -0.2) is 25.9 Å². The van der Waals surface area contributed by atoms with Gasteiger partial charge in [0, 0.05) is 19.8 Å². The van der Waals surface area contributed by atoms with Crippen molar-refractivity contribution in [2.45, 2.75) is 59.5 Å². The lowest BCUT2D eigenvalue weighted by Gasteiger charge is -2.44. The molecule has 2 aliphatic heterocycles. The molecule has 2 aliphatic rings. The fraction of sp³-hybridized carbons (Fsp3) is 0.938. The van der Waals surface area contributed by atoms with E-state index in [1.807, 2.05) is 0 Å². The molecule has 2 fully saturated rings. The van der Waals surface area contributed by atoms with E-state index in [1.54, 1.807) is 0 Å². The van der Waals surface area contributed by atoms with Crippen LogP contribution >= 0.6 is 0 Å². The summed E-state index contributed by atoms with van der Waals surface area (Å²) in [5, 5.41) is 0. The van der Waals surface area contributed by atoms with Crippen LogP contribution in [0.15, 0.2) is 0 Å². The van der Waals surface area contributed by atoms with E-state index in [1.165, 1.54) is 12.8 Å². The molecular weight excluding hydrogens is 224 g/mol. The summed E-state index contributed by atoms with van der Waals surface area (Å²) in [6.45, 7) is 12.2. The van der Waals surface area contributed by atoms with Crippen molar-refractivity contribution < 1.29 is 9.47 Å². The van der Waals surface area contributed by atoms with Crippen LogP contribution in [0.2, 0.25) is 0 Å². The molecule has 0 aromatic carbocycles. The summed E-state index contributed by atoms with van der Waals surface area (Å²) in [6.07, 6.45) is 7.46. The summed E-state index contributed by atoms with van der Waals surface area (Å²) in [5.41, 5.74) is 0.499. The zero-order chi connectivity index (χ0) is 13.2. The molecule has 0 aromatic rings. The highest BCUT2D eigenvalue weighted by molar-refractivity contribution is 5.00. The molecule has 2 unspecified atom stereocenters. The van der Waals surface area contributed by atoms with E-state index in [0.717, 1.165) is 32.7 Å². The molecule has 0 amide bonds. The van der Waals surface area contributed by atoms with Gasteiger partial charge in [0.25, 0.3) is 0 Å².